The Morgan fingerprint density at radius 2 is 1.67 bits per heavy atom. The number of amides is 1. The van der Waals surface area contributed by atoms with Gasteiger partial charge in [0.05, 0.1) is 9.92 Å². The molecule has 0 aromatic heterocycles. The van der Waals surface area contributed by atoms with E-state index >= 15 is 0 Å². The molecule has 1 amide bonds. The van der Waals surface area contributed by atoms with Gasteiger partial charge in [-0.1, -0.05) is 23.2 Å². The van der Waals surface area contributed by atoms with Gasteiger partial charge < -0.3 is 10.1 Å². The lowest BCUT2D eigenvalue weighted by Crippen LogP contribution is -2.31. The number of anilines is 1. The second kappa shape index (κ2) is 8.93. The third-order valence-corrected chi connectivity index (χ3v) is 5.59. The van der Waals surface area contributed by atoms with Gasteiger partial charge in [0.1, 0.15) is 5.75 Å². The Morgan fingerprint density at radius 3 is 2.22 bits per heavy atom. The largest absolute Gasteiger partial charge is 0.479 e. The van der Waals surface area contributed by atoms with Gasteiger partial charge in [-0.05, 0) is 63.2 Å². The van der Waals surface area contributed by atoms with Crippen molar-refractivity contribution in [1.82, 2.24) is 4.72 Å². The van der Waals surface area contributed by atoms with E-state index in [0.29, 0.717) is 21.5 Å². The van der Waals surface area contributed by atoms with Crippen LogP contribution in [0.1, 0.15) is 20.8 Å². The standard InChI is InChI=1S/C18H20Cl2N2O4S/c1-11(2)22-27(24,25)15-7-5-14(6-8-15)21-18(23)12(3)26-17-9-4-13(19)10-16(17)20/h4-12,22H,1-3H3,(H,21,23). The van der Waals surface area contributed by atoms with E-state index in [9.17, 15) is 13.2 Å². The van der Waals surface area contributed by atoms with Gasteiger partial charge in [-0.15, -0.1) is 0 Å². The van der Waals surface area contributed by atoms with Gasteiger partial charge in [0, 0.05) is 16.8 Å². The molecule has 2 N–H and O–H groups in total. The van der Waals surface area contributed by atoms with E-state index in [1.54, 1.807) is 32.9 Å². The highest BCUT2D eigenvalue weighted by Gasteiger charge is 2.18. The fraction of sp³-hybridized carbons (Fsp3) is 0.278. The maximum atomic E-state index is 12.3. The molecule has 0 aliphatic rings. The van der Waals surface area contributed by atoms with Gasteiger partial charge in [0.25, 0.3) is 5.91 Å². The monoisotopic (exact) mass is 430 g/mol. The first-order valence-corrected chi connectivity index (χ1v) is 10.4. The molecule has 0 spiro atoms. The molecule has 0 heterocycles. The highest BCUT2D eigenvalue weighted by molar-refractivity contribution is 7.89. The average molecular weight is 431 g/mol. The van der Waals surface area contributed by atoms with Crippen LogP contribution in [0.4, 0.5) is 5.69 Å². The summed E-state index contributed by atoms with van der Waals surface area (Å²) >= 11 is 11.9. The predicted molar refractivity (Wildman–Crippen MR) is 107 cm³/mol. The van der Waals surface area contributed by atoms with Gasteiger partial charge in [-0.2, -0.15) is 0 Å². The first-order valence-electron chi connectivity index (χ1n) is 8.13. The Morgan fingerprint density at radius 1 is 1.04 bits per heavy atom. The van der Waals surface area contributed by atoms with E-state index in [2.05, 4.69) is 10.0 Å². The number of carbonyl (C=O) groups excluding carboxylic acids is 1. The van der Waals surface area contributed by atoms with Crippen molar-refractivity contribution in [3.8, 4) is 5.75 Å². The fourth-order valence-corrected chi connectivity index (χ4v) is 3.86. The third kappa shape index (κ3) is 6.10. The van der Waals surface area contributed by atoms with E-state index < -0.39 is 22.0 Å². The lowest BCUT2D eigenvalue weighted by molar-refractivity contribution is -0.122. The second-order valence-electron chi connectivity index (χ2n) is 6.12. The van der Waals surface area contributed by atoms with E-state index in [1.807, 2.05) is 0 Å². The summed E-state index contributed by atoms with van der Waals surface area (Å²) in [6, 6.07) is 10.3. The Hall–Kier alpha value is -1.80. The summed E-state index contributed by atoms with van der Waals surface area (Å²) < 4.78 is 32.2. The quantitative estimate of drug-likeness (QED) is 0.692. The lowest BCUT2D eigenvalue weighted by Gasteiger charge is -2.16. The molecule has 0 fully saturated rings. The van der Waals surface area contributed by atoms with Gasteiger partial charge >= 0.3 is 0 Å². The van der Waals surface area contributed by atoms with Crippen LogP contribution in [0.5, 0.6) is 5.75 Å². The van der Waals surface area contributed by atoms with Crippen LogP contribution in [-0.4, -0.2) is 26.5 Å². The lowest BCUT2D eigenvalue weighted by atomic mass is 10.3. The summed E-state index contributed by atoms with van der Waals surface area (Å²) in [5.74, 6) is -0.0677. The minimum atomic E-state index is -3.58. The van der Waals surface area contributed by atoms with E-state index in [-0.39, 0.29) is 10.9 Å². The van der Waals surface area contributed by atoms with Crippen molar-refractivity contribution in [1.29, 1.82) is 0 Å². The Kier molecular flexibility index (Phi) is 7.11. The number of benzene rings is 2. The highest BCUT2D eigenvalue weighted by Crippen LogP contribution is 2.28. The first kappa shape index (κ1) is 21.5. The molecule has 0 bridgehead atoms. The number of rotatable bonds is 7. The maximum absolute atomic E-state index is 12.3. The molecule has 2 aromatic rings. The van der Waals surface area contributed by atoms with Crippen molar-refractivity contribution in [3.05, 3.63) is 52.5 Å². The van der Waals surface area contributed by atoms with Gasteiger partial charge in [0.15, 0.2) is 6.10 Å². The summed E-state index contributed by atoms with van der Waals surface area (Å²) in [7, 11) is -3.58. The molecule has 2 aromatic carbocycles. The number of hydrogen-bond donors (Lipinski definition) is 2. The maximum Gasteiger partial charge on any atom is 0.265 e. The van der Waals surface area contributed by atoms with Gasteiger partial charge in [-0.3, -0.25) is 4.79 Å². The van der Waals surface area contributed by atoms with Crippen molar-refractivity contribution in [2.75, 3.05) is 5.32 Å². The van der Waals surface area contributed by atoms with Crippen LogP contribution >= 0.6 is 23.2 Å². The zero-order chi connectivity index (χ0) is 20.2. The molecule has 2 rings (SSSR count). The molecular weight excluding hydrogens is 411 g/mol. The van der Waals surface area contributed by atoms with Crippen LogP contribution in [0.25, 0.3) is 0 Å². The molecule has 0 aliphatic heterocycles. The topological polar surface area (TPSA) is 84.5 Å². The molecular formula is C18H20Cl2N2O4S. The summed E-state index contributed by atoms with van der Waals surface area (Å²) in [6.45, 7) is 5.05. The minimum Gasteiger partial charge on any atom is -0.479 e. The van der Waals surface area contributed by atoms with Crippen LogP contribution < -0.4 is 14.8 Å². The van der Waals surface area contributed by atoms with Crippen molar-refractivity contribution in [2.24, 2.45) is 0 Å². The molecule has 9 heteroatoms. The fourth-order valence-electron chi connectivity index (χ4n) is 2.15. The molecule has 0 saturated carbocycles. The predicted octanol–water partition coefficient (Wildman–Crippen LogP) is 4.09. The normalized spacial score (nSPS) is 12.7. The molecule has 1 atom stereocenters. The summed E-state index contributed by atoms with van der Waals surface area (Å²) in [5.41, 5.74) is 0.446. The SMILES string of the molecule is CC(C)NS(=O)(=O)c1ccc(NC(=O)C(C)Oc2ccc(Cl)cc2Cl)cc1. The average Bonchev–Trinajstić information content (AvgIpc) is 2.56. The molecule has 1 unspecified atom stereocenters. The van der Waals surface area contributed by atoms with Gasteiger partial charge in [-0.25, -0.2) is 13.1 Å². The molecule has 146 valence electrons. The van der Waals surface area contributed by atoms with Crippen molar-refractivity contribution in [3.63, 3.8) is 0 Å². The van der Waals surface area contributed by atoms with Crippen molar-refractivity contribution >= 4 is 44.8 Å². The second-order valence-corrected chi connectivity index (χ2v) is 8.68. The number of halogens is 2. The number of sulfonamides is 1. The van der Waals surface area contributed by atoms with E-state index in [4.69, 9.17) is 27.9 Å². The Labute approximate surface area is 168 Å². The minimum absolute atomic E-state index is 0.117. The van der Waals surface area contributed by atoms with Crippen LogP contribution in [0, 0.1) is 0 Å². The van der Waals surface area contributed by atoms with E-state index in [0.717, 1.165) is 0 Å². The number of ether oxygens (including phenoxy) is 1. The smallest absolute Gasteiger partial charge is 0.265 e. The molecule has 0 radical (unpaired) electrons. The van der Waals surface area contributed by atoms with Crippen LogP contribution in [0.15, 0.2) is 47.4 Å². The van der Waals surface area contributed by atoms with Gasteiger partial charge in [0.2, 0.25) is 10.0 Å². The number of hydrogen-bond acceptors (Lipinski definition) is 4. The van der Waals surface area contributed by atoms with E-state index in [1.165, 1.54) is 30.3 Å². The van der Waals surface area contributed by atoms with Crippen molar-refractivity contribution < 1.29 is 17.9 Å². The van der Waals surface area contributed by atoms with Crippen LogP contribution in [0.2, 0.25) is 10.0 Å². The summed E-state index contributed by atoms with van der Waals surface area (Å²) in [4.78, 5) is 12.4. The zero-order valence-corrected chi connectivity index (χ0v) is 17.3. The van der Waals surface area contributed by atoms with Crippen LogP contribution in [0.3, 0.4) is 0 Å². The first-order chi connectivity index (χ1) is 12.6. The third-order valence-electron chi connectivity index (χ3n) is 3.39. The van der Waals surface area contributed by atoms with Crippen molar-refractivity contribution in [2.45, 2.75) is 37.8 Å². The molecule has 27 heavy (non-hydrogen) atoms. The van der Waals surface area contributed by atoms with Crippen LogP contribution in [-0.2, 0) is 14.8 Å². The number of carbonyl (C=O) groups is 1. The molecule has 6 nitrogen and oxygen atoms in total. The molecule has 0 saturated heterocycles. The Balaban J connectivity index is 2.02. The molecule has 0 aliphatic carbocycles. The number of nitrogens with one attached hydrogen (secondary N) is 2. The zero-order valence-electron chi connectivity index (χ0n) is 15.0. The highest BCUT2D eigenvalue weighted by atomic mass is 35.5. The summed E-state index contributed by atoms with van der Waals surface area (Å²) in [5, 5.41) is 3.43. The summed E-state index contributed by atoms with van der Waals surface area (Å²) in [6.07, 6.45) is -0.824. The Bertz CT molecular complexity index is 915.